The van der Waals surface area contributed by atoms with E-state index in [9.17, 15) is 10.2 Å². The maximum absolute atomic E-state index is 9.59. The van der Waals surface area contributed by atoms with Crippen molar-refractivity contribution in [2.75, 3.05) is 18.5 Å². The Labute approximate surface area is 112 Å². The number of benzene rings is 2. The molecular formula is C15H18N2O2. The van der Waals surface area contributed by atoms with Gasteiger partial charge in [-0.2, -0.15) is 0 Å². The fourth-order valence-corrected chi connectivity index (χ4v) is 2.11. The van der Waals surface area contributed by atoms with Crippen molar-refractivity contribution in [2.45, 2.75) is 6.04 Å². The first-order chi connectivity index (χ1) is 9.13. The van der Waals surface area contributed by atoms with Crippen LogP contribution in [0, 0.1) is 0 Å². The van der Waals surface area contributed by atoms with Gasteiger partial charge in [-0.3, -0.25) is 0 Å². The van der Waals surface area contributed by atoms with E-state index in [1.165, 1.54) is 6.07 Å². The van der Waals surface area contributed by atoms with Crippen LogP contribution in [0.4, 0.5) is 5.69 Å². The molecule has 0 saturated heterocycles. The van der Waals surface area contributed by atoms with Gasteiger partial charge in [0.1, 0.15) is 0 Å². The molecule has 0 aliphatic carbocycles. The fourth-order valence-electron chi connectivity index (χ4n) is 2.11. The third-order valence-electron chi connectivity index (χ3n) is 3.24. The van der Waals surface area contributed by atoms with Gasteiger partial charge in [0.25, 0.3) is 0 Å². The Bertz CT molecular complexity index is 543. The molecule has 0 aliphatic heterocycles. The molecule has 2 aromatic rings. The Morgan fingerprint density at radius 2 is 1.74 bits per heavy atom. The molecule has 0 heterocycles. The lowest BCUT2D eigenvalue weighted by molar-refractivity contribution is 0.402. The minimum absolute atomic E-state index is 0.0612. The molecule has 0 aromatic heterocycles. The largest absolute Gasteiger partial charge is 0.504 e. The van der Waals surface area contributed by atoms with E-state index in [4.69, 9.17) is 5.73 Å². The quantitative estimate of drug-likeness (QED) is 0.736. The average Bonchev–Trinajstić information content (AvgIpc) is 2.44. The molecule has 0 saturated carbocycles. The zero-order chi connectivity index (χ0) is 13.8. The Kier molecular flexibility index (Phi) is 3.92. The summed E-state index contributed by atoms with van der Waals surface area (Å²) in [6.07, 6.45) is 0. The molecule has 0 bridgehead atoms. The smallest absolute Gasteiger partial charge is 0.157 e. The van der Waals surface area contributed by atoms with Gasteiger partial charge in [0, 0.05) is 19.3 Å². The Morgan fingerprint density at radius 1 is 1.05 bits per heavy atom. The number of para-hydroxylation sites is 1. The van der Waals surface area contributed by atoms with Crippen molar-refractivity contribution >= 4 is 5.69 Å². The molecule has 0 radical (unpaired) electrons. The number of rotatable bonds is 4. The van der Waals surface area contributed by atoms with Crippen molar-refractivity contribution in [1.29, 1.82) is 0 Å². The highest BCUT2D eigenvalue weighted by Gasteiger charge is 2.17. The Balaban J connectivity index is 2.31. The molecule has 2 rings (SSSR count). The van der Waals surface area contributed by atoms with Crippen LogP contribution in [0.3, 0.4) is 0 Å². The molecule has 1 atom stereocenters. The summed E-state index contributed by atoms with van der Waals surface area (Å²) in [6.45, 7) is 0.412. The summed E-state index contributed by atoms with van der Waals surface area (Å²) in [5.74, 6) is -0.251. The molecule has 0 spiro atoms. The predicted octanol–water partition coefficient (Wildman–Crippen LogP) is 2.23. The monoisotopic (exact) mass is 258 g/mol. The van der Waals surface area contributed by atoms with Gasteiger partial charge in [-0.1, -0.05) is 24.3 Å². The van der Waals surface area contributed by atoms with Gasteiger partial charge < -0.3 is 20.8 Å². The zero-order valence-electron chi connectivity index (χ0n) is 10.8. The normalized spacial score (nSPS) is 12.1. The summed E-state index contributed by atoms with van der Waals surface area (Å²) in [7, 11) is 1.96. The van der Waals surface area contributed by atoms with Crippen LogP contribution in [-0.2, 0) is 0 Å². The van der Waals surface area contributed by atoms with Gasteiger partial charge in [0.15, 0.2) is 11.5 Å². The number of phenols is 2. The summed E-state index contributed by atoms with van der Waals surface area (Å²) in [6, 6.07) is 14.6. The number of hydrogen-bond donors (Lipinski definition) is 3. The molecule has 100 valence electrons. The molecule has 4 N–H and O–H groups in total. The van der Waals surface area contributed by atoms with E-state index < -0.39 is 0 Å². The zero-order valence-corrected chi connectivity index (χ0v) is 10.8. The summed E-state index contributed by atoms with van der Waals surface area (Å²) >= 11 is 0. The van der Waals surface area contributed by atoms with Gasteiger partial charge in [-0.25, -0.2) is 0 Å². The molecule has 1 unspecified atom stereocenters. The maximum atomic E-state index is 9.59. The van der Waals surface area contributed by atoms with E-state index >= 15 is 0 Å². The van der Waals surface area contributed by atoms with Crippen molar-refractivity contribution in [3.63, 3.8) is 0 Å². The Morgan fingerprint density at radius 3 is 2.32 bits per heavy atom. The minimum Gasteiger partial charge on any atom is -0.504 e. The van der Waals surface area contributed by atoms with E-state index in [0.717, 1.165) is 11.3 Å². The second-order valence-electron chi connectivity index (χ2n) is 4.45. The number of nitrogens with two attached hydrogens (primary N) is 1. The second-order valence-corrected chi connectivity index (χ2v) is 4.45. The van der Waals surface area contributed by atoms with Crippen molar-refractivity contribution < 1.29 is 10.2 Å². The highest BCUT2D eigenvalue weighted by atomic mass is 16.3. The van der Waals surface area contributed by atoms with E-state index in [1.54, 1.807) is 12.1 Å². The number of aromatic hydroxyl groups is 2. The molecule has 4 nitrogen and oxygen atoms in total. The predicted molar refractivity (Wildman–Crippen MR) is 76.4 cm³/mol. The summed E-state index contributed by atoms with van der Waals surface area (Å²) in [4.78, 5) is 2.05. The van der Waals surface area contributed by atoms with E-state index in [-0.39, 0.29) is 17.5 Å². The highest BCUT2D eigenvalue weighted by Crippen LogP contribution is 2.31. The van der Waals surface area contributed by atoms with Crippen LogP contribution in [0.5, 0.6) is 11.5 Å². The topological polar surface area (TPSA) is 69.7 Å². The van der Waals surface area contributed by atoms with Crippen LogP contribution in [0.25, 0.3) is 0 Å². The number of phenolic OH excluding ortho intramolecular Hbond substituents is 2. The first-order valence-electron chi connectivity index (χ1n) is 6.13. The lowest BCUT2D eigenvalue weighted by atomic mass is 10.0. The second kappa shape index (κ2) is 5.63. The number of nitrogens with zero attached hydrogens (tertiary/aromatic N) is 1. The lowest BCUT2D eigenvalue weighted by Crippen LogP contribution is -2.30. The van der Waals surface area contributed by atoms with Crippen LogP contribution < -0.4 is 10.6 Å². The number of hydrogen-bond acceptors (Lipinski definition) is 4. The van der Waals surface area contributed by atoms with Crippen LogP contribution in [0.1, 0.15) is 11.6 Å². The van der Waals surface area contributed by atoms with Gasteiger partial charge in [0.2, 0.25) is 0 Å². The molecule has 0 aliphatic rings. The molecule has 0 amide bonds. The standard InChI is InChI=1S/C15H18N2O2/c1-17(12-5-3-2-4-6-12)13(10-16)11-7-8-14(18)15(19)9-11/h2-9,13,18-19H,10,16H2,1H3. The van der Waals surface area contributed by atoms with Gasteiger partial charge in [-0.05, 0) is 29.8 Å². The SMILES string of the molecule is CN(c1ccccc1)C(CN)c1ccc(O)c(O)c1. The van der Waals surface area contributed by atoms with Crippen molar-refractivity contribution in [2.24, 2.45) is 5.73 Å². The highest BCUT2D eigenvalue weighted by molar-refractivity contribution is 5.50. The van der Waals surface area contributed by atoms with Gasteiger partial charge in [-0.15, -0.1) is 0 Å². The molecule has 19 heavy (non-hydrogen) atoms. The minimum atomic E-state index is -0.127. The first-order valence-corrected chi connectivity index (χ1v) is 6.13. The molecule has 4 heteroatoms. The summed E-state index contributed by atoms with van der Waals surface area (Å²) in [5, 5.41) is 18.9. The van der Waals surface area contributed by atoms with E-state index in [0.29, 0.717) is 6.54 Å². The Hall–Kier alpha value is -2.20. The third kappa shape index (κ3) is 2.80. The van der Waals surface area contributed by atoms with Crippen molar-refractivity contribution in [1.82, 2.24) is 0 Å². The van der Waals surface area contributed by atoms with Gasteiger partial charge >= 0.3 is 0 Å². The molecule has 0 fully saturated rings. The summed E-state index contributed by atoms with van der Waals surface area (Å²) < 4.78 is 0. The average molecular weight is 258 g/mol. The number of likely N-dealkylation sites (N-methyl/N-ethyl adjacent to an activating group) is 1. The first kappa shape index (κ1) is 13.2. The third-order valence-corrected chi connectivity index (χ3v) is 3.24. The maximum Gasteiger partial charge on any atom is 0.157 e. The van der Waals surface area contributed by atoms with Crippen LogP contribution in [0.15, 0.2) is 48.5 Å². The van der Waals surface area contributed by atoms with Crippen LogP contribution >= 0.6 is 0 Å². The fraction of sp³-hybridized carbons (Fsp3) is 0.200. The van der Waals surface area contributed by atoms with Crippen LogP contribution in [0.2, 0.25) is 0 Å². The number of anilines is 1. The lowest BCUT2D eigenvalue weighted by Gasteiger charge is -2.29. The van der Waals surface area contributed by atoms with Crippen molar-refractivity contribution in [3.8, 4) is 11.5 Å². The summed E-state index contributed by atoms with van der Waals surface area (Å²) in [5.41, 5.74) is 7.76. The van der Waals surface area contributed by atoms with E-state index in [2.05, 4.69) is 0 Å². The molecule has 2 aromatic carbocycles. The van der Waals surface area contributed by atoms with E-state index in [1.807, 2.05) is 42.3 Å². The van der Waals surface area contributed by atoms with Crippen molar-refractivity contribution in [3.05, 3.63) is 54.1 Å². The van der Waals surface area contributed by atoms with Crippen LogP contribution in [-0.4, -0.2) is 23.8 Å². The molecular weight excluding hydrogens is 240 g/mol. The van der Waals surface area contributed by atoms with Gasteiger partial charge in [0.05, 0.1) is 6.04 Å².